The topological polar surface area (TPSA) is 46.5 Å². The molecule has 108 valence electrons. The third-order valence-corrected chi connectivity index (χ3v) is 3.36. The van der Waals surface area contributed by atoms with E-state index in [1.807, 2.05) is 6.92 Å². The molecule has 2 aromatic carbocycles. The summed E-state index contributed by atoms with van der Waals surface area (Å²) < 4.78 is 19.6. The second-order valence-electron chi connectivity index (χ2n) is 4.37. The zero-order chi connectivity index (χ0) is 15.4. The lowest BCUT2D eigenvalue weighted by Gasteiger charge is -2.10. The van der Waals surface area contributed by atoms with Gasteiger partial charge >= 0.3 is 5.97 Å². The average molecular weight is 351 g/mol. The van der Waals surface area contributed by atoms with Crippen molar-refractivity contribution in [2.45, 2.75) is 6.92 Å². The van der Waals surface area contributed by atoms with E-state index in [1.54, 1.807) is 24.3 Å². The van der Waals surface area contributed by atoms with Gasteiger partial charge in [-0.15, -0.1) is 0 Å². The first kappa shape index (κ1) is 15.3. The van der Waals surface area contributed by atoms with Gasteiger partial charge in [0.05, 0.1) is 4.47 Å². The predicted molar refractivity (Wildman–Crippen MR) is 82.0 cm³/mol. The number of aryl methyl sites for hydroxylation is 1. The van der Waals surface area contributed by atoms with Gasteiger partial charge in [0.15, 0.2) is 0 Å². The Morgan fingerprint density at radius 1 is 1.24 bits per heavy atom. The van der Waals surface area contributed by atoms with Crippen molar-refractivity contribution in [3.63, 3.8) is 0 Å². The lowest BCUT2D eigenvalue weighted by atomic mass is 10.2. The normalized spacial score (nSPS) is 10.8. The van der Waals surface area contributed by atoms with Crippen molar-refractivity contribution in [2.24, 2.45) is 0 Å². The highest BCUT2D eigenvalue weighted by Gasteiger charge is 2.07. The van der Waals surface area contributed by atoms with Crippen LogP contribution in [0.1, 0.15) is 11.1 Å². The average Bonchev–Trinajstić information content (AvgIpc) is 2.43. The summed E-state index contributed by atoms with van der Waals surface area (Å²) in [5, 5.41) is 8.59. The minimum absolute atomic E-state index is 0.368. The fourth-order valence-corrected chi connectivity index (χ4v) is 2.15. The Labute approximate surface area is 129 Å². The van der Waals surface area contributed by atoms with Crippen LogP contribution in [0.15, 0.2) is 46.9 Å². The second-order valence-corrected chi connectivity index (χ2v) is 5.23. The van der Waals surface area contributed by atoms with Crippen molar-refractivity contribution in [3.8, 4) is 11.5 Å². The van der Waals surface area contributed by atoms with Crippen molar-refractivity contribution in [1.29, 1.82) is 0 Å². The van der Waals surface area contributed by atoms with E-state index in [1.165, 1.54) is 18.2 Å². The van der Waals surface area contributed by atoms with Crippen LogP contribution in [0.3, 0.4) is 0 Å². The Balaban J connectivity index is 2.25. The quantitative estimate of drug-likeness (QED) is 0.806. The molecule has 0 amide bonds. The van der Waals surface area contributed by atoms with Gasteiger partial charge in [0.2, 0.25) is 0 Å². The van der Waals surface area contributed by atoms with E-state index in [9.17, 15) is 9.18 Å². The van der Waals surface area contributed by atoms with Crippen molar-refractivity contribution in [1.82, 2.24) is 0 Å². The Hall–Kier alpha value is -2.14. The van der Waals surface area contributed by atoms with Gasteiger partial charge in [-0.2, -0.15) is 0 Å². The monoisotopic (exact) mass is 350 g/mol. The standard InChI is InChI=1S/C16H12BrFO3/c1-10-2-5-12(18)9-15(10)21-14-6-3-11(8-13(14)17)4-7-16(19)20/h2-9H,1H3,(H,19,20)/b7-4+. The minimum atomic E-state index is -1.01. The van der Waals surface area contributed by atoms with Gasteiger partial charge in [0, 0.05) is 12.1 Å². The summed E-state index contributed by atoms with van der Waals surface area (Å²) in [5.41, 5.74) is 1.53. The highest BCUT2D eigenvalue weighted by molar-refractivity contribution is 9.10. The van der Waals surface area contributed by atoms with Gasteiger partial charge in [-0.3, -0.25) is 0 Å². The lowest BCUT2D eigenvalue weighted by molar-refractivity contribution is -0.131. The van der Waals surface area contributed by atoms with Crippen LogP contribution in [0, 0.1) is 12.7 Å². The first-order valence-electron chi connectivity index (χ1n) is 6.10. The maximum atomic E-state index is 13.2. The Morgan fingerprint density at radius 2 is 2.00 bits per heavy atom. The van der Waals surface area contributed by atoms with Crippen LogP contribution in [-0.4, -0.2) is 11.1 Å². The molecule has 0 heterocycles. The van der Waals surface area contributed by atoms with Gasteiger partial charge in [-0.05, 0) is 58.3 Å². The van der Waals surface area contributed by atoms with Gasteiger partial charge in [0.25, 0.3) is 0 Å². The summed E-state index contributed by atoms with van der Waals surface area (Å²) in [5.74, 6) is -0.421. The summed E-state index contributed by atoms with van der Waals surface area (Å²) in [6, 6.07) is 9.47. The van der Waals surface area contributed by atoms with Crippen LogP contribution in [0.25, 0.3) is 6.08 Å². The Bertz CT molecular complexity index is 711. The van der Waals surface area contributed by atoms with E-state index < -0.39 is 5.97 Å². The zero-order valence-electron chi connectivity index (χ0n) is 11.1. The molecule has 0 atom stereocenters. The molecule has 1 N–H and O–H groups in total. The number of hydrogen-bond donors (Lipinski definition) is 1. The highest BCUT2D eigenvalue weighted by Crippen LogP contribution is 2.32. The van der Waals surface area contributed by atoms with Crippen LogP contribution in [0.4, 0.5) is 4.39 Å². The number of carboxylic acid groups (broad SMARTS) is 1. The number of benzene rings is 2. The molecule has 2 aromatic rings. The van der Waals surface area contributed by atoms with E-state index in [0.717, 1.165) is 11.6 Å². The molecular formula is C16H12BrFO3. The number of aliphatic carboxylic acids is 1. The van der Waals surface area contributed by atoms with E-state index in [-0.39, 0.29) is 5.82 Å². The summed E-state index contributed by atoms with van der Waals surface area (Å²) in [7, 11) is 0. The molecule has 3 nitrogen and oxygen atoms in total. The Kier molecular flexibility index (Phi) is 4.75. The molecule has 0 aromatic heterocycles. The molecule has 0 radical (unpaired) electrons. The Morgan fingerprint density at radius 3 is 2.67 bits per heavy atom. The van der Waals surface area contributed by atoms with Crippen LogP contribution >= 0.6 is 15.9 Å². The summed E-state index contributed by atoms with van der Waals surface area (Å²) in [4.78, 5) is 10.5. The maximum Gasteiger partial charge on any atom is 0.328 e. The molecule has 0 fully saturated rings. The summed E-state index contributed by atoms with van der Waals surface area (Å²) >= 11 is 3.35. The number of carbonyl (C=O) groups is 1. The number of hydrogen-bond acceptors (Lipinski definition) is 2. The van der Waals surface area contributed by atoms with Crippen molar-refractivity contribution >= 4 is 28.0 Å². The molecule has 0 saturated carbocycles. The predicted octanol–water partition coefficient (Wildman–Crippen LogP) is 4.79. The summed E-state index contributed by atoms with van der Waals surface area (Å²) in [6.07, 6.45) is 2.53. The molecule has 2 rings (SSSR count). The molecule has 21 heavy (non-hydrogen) atoms. The van der Waals surface area contributed by atoms with Gasteiger partial charge in [0.1, 0.15) is 17.3 Å². The molecule has 0 aliphatic rings. The number of ether oxygens (including phenoxy) is 1. The maximum absolute atomic E-state index is 13.2. The van der Waals surface area contributed by atoms with E-state index in [2.05, 4.69) is 15.9 Å². The molecule has 0 unspecified atom stereocenters. The van der Waals surface area contributed by atoms with Crippen LogP contribution < -0.4 is 4.74 Å². The molecule has 0 spiro atoms. The van der Waals surface area contributed by atoms with Crippen molar-refractivity contribution < 1.29 is 19.0 Å². The third-order valence-electron chi connectivity index (χ3n) is 2.74. The van der Waals surface area contributed by atoms with Crippen LogP contribution in [0.5, 0.6) is 11.5 Å². The molecule has 0 aliphatic heterocycles. The van der Waals surface area contributed by atoms with Gasteiger partial charge in [-0.1, -0.05) is 12.1 Å². The zero-order valence-corrected chi connectivity index (χ0v) is 12.7. The molecule has 0 bridgehead atoms. The molecule has 5 heteroatoms. The fraction of sp³-hybridized carbons (Fsp3) is 0.0625. The van der Waals surface area contributed by atoms with Crippen LogP contribution in [0.2, 0.25) is 0 Å². The smallest absolute Gasteiger partial charge is 0.328 e. The second kappa shape index (κ2) is 6.54. The number of carboxylic acids is 1. The van der Waals surface area contributed by atoms with Gasteiger partial charge in [-0.25, -0.2) is 9.18 Å². The van der Waals surface area contributed by atoms with E-state index in [4.69, 9.17) is 9.84 Å². The van der Waals surface area contributed by atoms with Crippen molar-refractivity contribution in [3.05, 3.63) is 63.9 Å². The lowest BCUT2D eigenvalue weighted by Crippen LogP contribution is -1.90. The minimum Gasteiger partial charge on any atom is -0.478 e. The van der Waals surface area contributed by atoms with Gasteiger partial charge < -0.3 is 9.84 Å². The van der Waals surface area contributed by atoms with E-state index >= 15 is 0 Å². The fourth-order valence-electron chi connectivity index (χ4n) is 1.67. The first-order valence-corrected chi connectivity index (χ1v) is 6.89. The largest absolute Gasteiger partial charge is 0.478 e. The summed E-state index contributed by atoms with van der Waals surface area (Å²) in [6.45, 7) is 1.83. The SMILES string of the molecule is Cc1ccc(F)cc1Oc1ccc(/C=C/C(=O)O)cc1Br. The molecule has 0 saturated heterocycles. The third kappa shape index (κ3) is 4.16. The molecular weight excluding hydrogens is 339 g/mol. The number of rotatable bonds is 4. The van der Waals surface area contributed by atoms with E-state index in [0.29, 0.717) is 21.5 Å². The van der Waals surface area contributed by atoms with Crippen molar-refractivity contribution in [2.75, 3.05) is 0 Å². The highest BCUT2D eigenvalue weighted by atomic mass is 79.9. The van der Waals surface area contributed by atoms with Crippen LogP contribution in [-0.2, 0) is 4.79 Å². The first-order chi connectivity index (χ1) is 9.95. The molecule has 0 aliphatic carbocycles. The number of halogens is 2.